The van der Waals surface area contributed by atoms with Crippen molar-refractivity contribution in [3.05, 3.63) is 70.7 Å². The highest BCUT2D eigenvalue weighted by atomic mass is 35.5. The van der Waals surface area contributed by atoms with E-state index in [0.717, 1.165) is 17.5 Å². The van der Waals surface area contributed by atoms with E-state index in [0.29, 0.717) is 10.7 Å². The van der Waals surface area contributed by atoms with Crippen LogP contribution >= 0.6 is 23.2 Å². The van der Waals surface area contributed by atoms with Crippen molar-refractivity contribution >= 4 is 50.9 Å². The molecule has 2 aromatic rings. The zero-order valence-corrected chi connectivity index (χ0v) is 17.6. The van der Waals surface area contributed by atoms with Gasteiger partial charge in [-0.1, -0.05) is 29.3 Å². The molecule has 0 atom stereocenters. The van der Waals surface area contributed by atoms with Crippen molar-refractivity contribution in [2.45, 2.75) is 4.90 Å². The number of hydrogen-bond acceptors (Lipinski definition) is 6. The number of methoxy groups -OCH3 is 1. The van der Waals surface area contributed by atoms with E-state index in [1.807, 2.05) is 0 Å². The Morgan fingerprint density at radius 1 is 1.14 bits per heavy atom. The molecule has 0 aliphatic heterocycles. The lowest BCUT2D eigenvalue weighted by Gasteiger charge is -2.23. The second kappa shape index (κ2) is 9.78. The van der Waals surface area contributed by atoms with E-state index in [2.05, 4.69) is 11.3 Å². The van der Waals surface area contributed by atoms with Gasteiger partial charge >= 0.3 is 11.9 Å². The van der Waals surface area contributed by atoms with Crippen LogP contribution in [0.2, 0.25) is 10.0 Å². The second-order valence-corrected chi connectivity index (χ2v) is 8.30. The van der Waals surface area contributed by atoms with Crippen molar-refractivity contribution in [3.8, 4) is 0 Å². The standard InChI is InChI=1S/C19H17Cl2NO6S/c1-3-10-22(14-6-4-13(20)5-7-14)29(25,26)15-8-9-17(21)16(11-15)19(24)28-12-18(23)27-2/h3-9,11H,1,10,12H2,2H3. The SMILES string of the molecule is C=CCN(c1ccc(Cl)cc1)S(=O)(=O)c1ccc(Cl)c(C(=O)OCC(=O)OC)c1. The summed E-state index contributed by atoms with van der Waals surface area (Å²) in [6.07, 6.45) is 1.42. The first-order valence-electron chi connectivity index (χ1n) is 8.13. The molecule has 2 rings (SSSR count). The molecule has 0 radical (unpaired) electrons. The van der Waals surface area contributed by atoms with Crippen molar-refractivity contribution in [2.24, 2.45) is 0 Å². The summed E-state index contributed by atoms with van der Waals surface area (Å²) in [5, 5.41) is 0.424. The maximum absolute atomic E-state index is 13.2. The molecule has 0 fully saturated rings. The monoisotopic (exact) mass is 457 g/mol. The number of carbonyl (C=O) groups is 2. The Morgan fingerprint density at radius 3 is 2.38 bits per heavy atom. The average Bonchev–Trinajstić information content (AvgIpc) is 2.70. The van der Waals surface area contributed by atoms with E-state index in [1.165, 1.54) is 18.2 Å². The molecular formula is C19H17Cl2NO6S. The first kappa shape index (κ1) is 22.7. The predicted molar refractivity (Wildman–Crippen MR) is 110 cm³/mol. The van der Waals surface area contributed by atoms with Gasteiger partial charge in [0.2, 0.25) is 0 Å². The van der Waals surface area contributed by atoms with Crippen LogP contribution in [0.4, 0.5) is 5.69 Å². The number of halogens is 2. The lowest BCUT2D eigenvalue weighted by molar-refractivity contribution is -0.144. The number of carbonyl (C=O) groups excluding carboxylic acids is 2. The number of rotatable bonds is 8. The minimum Gasteiger partial charge on any atom is -0.466 e. The van der Waals surface area contributed by atoms with Gasteiger partial charge in [0.1, 0.15) is 0 Å². The molecule has 0 spiro atoms. The van der Waals surface area contributed by atoms with Crippen molar-refractivity contribution in [1.82, 2.24) is 0 Å². The van der Waals surface area contributed by atoms with Gasteiger partial charge in [-0.15, -0.1) is 6.58 Å². The zero-order chi connectivity index (χ0) is 21.6. The third-order valence-electron chi connectivity index (χ3n) is 3.70. The maximum Gasteiger partial charge on any atom is 0.344 e. The molecular weight excluding hydrogens is 441 g/mol. The normalized spacial score (nSPS) is 10.9. The lowest BCUT2D eigenvalue weighted by Crippen LogP contribution is -2.31. The number of esters is 2. The van der Waals surface area contributed by atoms with Gasteiger partial charge in [-0.05, 0) is 42.5 Å². The molecule has 7 nitrogen and oxygen atoms in total. The van der Waals surface area contributed by atoms with Crippen LogP contribution in [0.25, 0.3) is 0 Å². The van der Waals surface area contributed by atoms with E-state index in [9.17, 15) is 18.0 Å². The van der Waals surface area contributed by atoms with E-state index < -0.39 is 28.6 Å². The summed E-state index contributed by atoms with van der Waals surface area (Å²) >= 11 is 11.9. The predicted octanol–water partition coefficient (Wildman–Crippen LogP) is 3.70. The molecule has 29 heavy (non-hydrogen) atoms. The molecule has 2 aromatic carbocycles. The number of benzene rings is 2. The summed E-state index contributed by atoms with van der Waals surface area (Å²) < 4.78 is 36.7. The third kappa shape index (κ3) is 5.50. The number of sulfonamides is 1. The van der Waals surface area contributed by atoms with Crippen LogP contribution in [-0.4, -0.2) is 40.6 Å². The smallest absolute Gasteiger partial charge is 0.344 e. The first-order valence-corrected chi connectivity index (χ1v) is 10.3. The number of nitrogens with zero attached hydrogens (tertiary/aromatic N) is 1. The minimum absolute atomic E-state index is 0.0191. The highest BCUT2D eigenvalue weighted by molar-refractivity contribution is 7.92. The molecule has 154 valence electrons. The van der Waals surface area contributed by atoms with E-state index in [1.54, 1.807) is 24.3 Å². The van der Waals surface area contributed by atoms with Gasteiger partial charge in [-0.2, -0.15) is 0 Å². The largest absolute Gasteiger partial charge is 0.466 e. The molecule has 0 amide bonds. The number of hydrogen-bond donors (Lipinski definition) is 0. The summed E-state index contributed by atoms with van der Waals surface area (Å²) in [5.41, 5.74) is 0.158. The molecule has 0 heterocycles. The fourth-order valence-corrected chi connectivity index (χ4v) is 4.06. The molecule has 10 heteroatoms. The third-order valence-corrected chi connectivity index (χ3v) is 6.08. The van der Waals surface area contributed by atoms with Crippen LogP contribution in [0, 0.1) is 0 Å². The summed E-state index contributed by atoms with van der Waals surface area (Å²) in [6.45, 7) is 2.94. The molecule has 0 bridgehead atoms. The van der Waals surface area contributed by atoms with Gasteiger partial charge in [0.25, 0.3) is 10.0 Å². The Hall–Kier alpha value is -2.55. The fourth-order valence-electron chi connectivity index (χ4n) is 2.28. The van der Waals surface area contributed by atoms with Crippen LogP contribution in [0.5, 0.6) is 0 Å². The van der Waals surface area contributed by atoms with Crippen molar-refractivity contribution < 1.29 is 27.5 Å². The first-order chi connectivity index (χ1) is 13.7. The molecule has 0 saturated heterocycles. The molecule has 0 unspecified atom stereocenters. The Kier molecular flexibility index (Phi) is 7.66. The Labute approximate surface area is 178 Å². The van der Waals surface area contributed by atoms with Gasteiger partial charge in [0.05, 0.1) is 34.8 Å². The molecule has 0 aliphatic rings. The van der Waals surface area contributed by atoms with Crippen molar-refractivity contribution in [2.75, 3.05) is 24.6 Å². The summed E-state index contributed by atoms with van der Waals surface area (Å²) in [4.78, 5) is 23.2. The molecule has 0 N–H and O–H groups in total. The van der Waals surface area contributed by atoms with E-state index in [-0.39, 0.29) is 22.0 Å². The fraction of sp³-hybridized carbons (Fsp3) is 0.158. The topological polar surface area (TPSA) is 90.0 Å². The van der Waals surface area contributed by atoms with Gasteiger partial charge in [0.15, 0.2) is 6.61 Å². The van der Waals surface area contributed by atoms with E-state index >= 15 is 0 Å². The average molecular weight is 458 g/mol. The van der Waals surface area contributed by atoms with Crippen LogP contribution in [0.15, 0.2) is 60.0 Å². The van der Waals surface area contributed by atoms with Gasteiger partial charge in [0, 0.05) is 5.02 Å². The summed E-state index contributed by atoms with van der Waals surface area (Å²) in [7, 11) is -2.94. The minimum atomic E-state index is -4.08. The summed E-state index contributed by atoms with van der Waals surface area (Å²) in [6, 6.07) is 9.82. The van der Waals surface area contributed by atoms with Crippen molar-refractivity contribution in [1.29, 1.82) is 0 Å². The van der Waals surface area contributed by atoms with Crippen LogP contribution in [0.3, 0.4) is 0 Å². The van der Waals surface area contributed by atoms with Gasteiger partial charge in [-0.3, -0.25) is 4.31 Å². The van der Waals surface area contributed by atoms with Gasteiger partial charge in [-0.25, -0.2) is 18.0 Å². The van der Waals surface area contributed by atoms with Crippen LogP contribution in [0.1, 0.15) is 10.4 Å². The highest BCUT2D eigenvalue weighted by Crippen LogP contribution is 2.28. The van der Waals surface area contributed by atoms with Crippen LogP contribution < -0.4 is 4.31 Å². The number of ether oxygens (including phenoxy) is 2. The molecule has 0 aromatic heterocycles. The summed E-state index contributed by atoms with van der Waals surface area (Å²) in [5.74, 6) is -1.72. The van der Waals surface area contributed by atoms with E-state index in [4.69, 9.17) is 27.9 Å². The Bertz CT molecular complexity index is 1020. The Morgan fingerprint density at radius 2 is 1.79 bits per heavy atom. The molecule has 0 saturated carbocycles. The van der Waals surface area contributed by atoms with Gasteiger partial charge < -0.3 is 9.47 Å². The lowest BCUT2D eigenvalue weighted by atomic mass is 10.2. The van der Waals surface area contributed by atoms with Crippen LogP contribution in [-0.2, 0) is 24.3 Å². The molecule has 0 aliphatic carbocycles. The highest BCUT2D eigenvalue weighted by Gasteiger charge is 2.26. The quantitative estimate of drug-likeness (QED) is 0.443. The zero-order valence-electron chi connectivity index (χ0n) is 15.3. The Balaban J connectivity index is 2.42. The van der Waals surface area contributed by atoms with Crippen molar-refractivity contribution in [3.63, 3.8) is 0 Å². The number of anilines is 1. The maximum atomic E-state index is 13.2. The second-order valence-electron chi connectivity index (χ2n) is 5.60.